The van der Waals surface area contributed by atoms with Gasteiger partial charge in [0.1, 0.15) is 0 Å². The standard InChI is InChI=1S/C16H19NO4/c1-10-6-11(9-17)4-5-12-7-16(8-13(10)12,14(18)20-2)15(19)21-3/h4-5,11-12H,6-8H2,1-3H3/t11-,12+/m1/s1. The van der Waals surface area contributed by atoms with Crippen LogP contribution >= 0.6 is 0 Å². The first kappa shape index (κ1) is 15.3. The molecule has 1 fully saturated rings. The quantitative estimate of drug-likeness (QED) is 0.442. The summed E-state index contributed by atoms with van der Waals surface area (Å²) in [6.45, 7) is 1.96. The molecule has 0 unspecified atom stereocenters. The van der Waals surface area contributed by atoms with Gasteiger partial charge in [-0.25, -0.2) is 0 Å². The lowest BCUT2D eigenvalue weighted by Gasteiger charge is -2.22. The minimum atomic E-state index is -1.26. The summed E-state index contributed by atoms with van der Waals surface area (Å²) >= 11 is 0. The largest absolute Gasteiger partial charge is 0.468 e. The van der Waals surface area contributed by atoms with Crippen molar-refractivity contribution in [3.63, 3.8) is 0 Å². The average molecular weight is 289 g/mol. The molecular weight excluding hydrogens is 270 g/mol. The van der Waals surface area contributed by atoms with Gasteiger partial charge in [0.2, 0.25) is 0 Å². The van der Waals surface area contributed by atoms with Crippen molar-refractivity contribution in [2.75, 3.05) is 14.2 Å². The van der Waals surface area contributed by atoms with Gasteiger partial charge in [-0.1, -0.05) is 23.3 Å². The van der Waals surface area contributed by atoms with Gasteiger partial charge >= 0.3 is 11.9 Å². The van der Waals surface area contributed by atoms with E-state index in [1.165, 1.54) is 14.2 Å². The first-order chi connectivity index (χ1) is 9.98. The molecule has 2 atom stereocenters. The molecule has 0 spiro atoms. The van der Waals surface area contributed by atoms with Gasteiger partial charge < -0.3 is 9.47 Å². The molecule has 0 aromatic carbocycles. The van der Waals surface area contributed by atoms with Crippen LogP contribution in [0.2, 0.25) is 0 Å². The number of carbonyl (C=O) groups is 2. The van der Waals surface area contributed by atoms with E-state index in [-0.39, 0.29) is 11.8 Å². The topological polar surface area (TPSA) is 76.4 Å². The van der Waals surface area contributed by atoms with Crippen molar-refractivity contribution in [3.8, 4) is 6.07 Å². The molecule has 2 aliphatic carbocycles. The van der Waals surface area contributed by atoms with Crippen LogP contribution in [0.3, 0.4) is 0 Å². The number of carbonyl (C=O) groups excluding carboxylic acids is 2. The van der Waals surface area contributed by atoms with Gasteiger partial charge in [-0.3, -0.25) is 9.59 Å². The Hall–Kier alpha value is -2.09. The highest BCUT2D eigenvalue weighted by atomic mass is 16.5. The number of allylic oxidation sites excluding steroid dienone is 4. The molecule has 0 amide bonds. The Morgan fingerprint density at radius 2 is 1.90 bits per heavy atom. The van der Waals surface area contributed by atoms with Crippen LogP contribution in [0.1, 0.15) is 26.2 Å². The van der Waals surface area contributed by atoms with Crippen LogP contribution in [-0.4, -0.2) is 26.2 Å². The Kier molecular flexibility index (Phi) is 4.17. The maximum atomic E-state index is 12.2. The van der Waals surface area contributed by atoms with Gasteiger partial charge in [0, 0.05) is 0 Å². The third kappa shape index (κ3) is 2.46. The second kappa shape index (κ2) is 5.72. The predicted octanol–water partition coefficient (Wildman–Crippen LogP) is 2.14. The molecule has 5 heteroatoms. The molecular formula is C16H19NO4. The van der Waals surface area contributed by atoms with E-state index in [0.717, 1.165) is 11.1 Å². The molecule has 21 heavy (non-hydrogen) atoms. The minimum Gasteiger partial charge on any atom is -0.468 e. The maximum Gasteiger partial charge on any atom is 0.323 e. The van der Waals surface area contributed by atoms with Crippen molar-refractivity contribution in [2.24, 2.45) is 17.3 Å². The molecule has 5 nitrogen and oxygen atoms in total. The maximum absolute atomic E-state index is 12.2. The lowest BCUT2D eigenvalue weighted by molar-refractivity contribution is -0.168. The van der Waals surface area contributed by atoms with E-state index in [0.29, 0.717) is 19.3 Å². The Labute approximate surface area is 124 Å². The second-order valence-corrected chi connectivity index (χ2v) is 5.68. The lowest BCUT2D eigenvalue weighted by Crippen LogP contribution is -2.39. The third-order valence-corrected chi connectivity index (χ3v) is 4.48. The van der Waals surface area contributed by atoms with Gasteiger partial charge in [0.05, 0.1) is 26.2 Å². The van der Waals surface area contributed by atoms with Crippen molar-refractivity contribution in [1.29, 1.82) is 5.26 Å². The number of hydrogen-bond acceptors (Lipinski definition) is 5. The fourth-order valence-corrected chi connectivity index (χ4v) is 3.35. The Morgan fingerprint density at radius 3 is 2.43 bits per heavy atom. The van der Waals surface area contributed by atoms with Crippen molar-refractivity contribution in [1.82, 2.24) is 0 Å². The van der Waals surface area contributed by atoms with E-state index < -0.39 is 17.4 Å². The van der Waals surface area contributed by atoms with Crippen LogP contribution in [0, 0.1) is 28.6 Å². The van der Waals surface area contributed by atoms with Crippen LogP contribution in [0.15, 0.2) is 23.3 Å². The zero-order valence-corrected chi connectivity index (χ0v) is 12.5. The highest BCUT2D eigenvalue weighted by Crippen LogP contribution is 2.50. The van der Waals surface area contributed by atoms with Crippen molar-refractivity contribution < 1.29 is 19.1 Å². The Balaban J connectivity index is 2.42. The summed E-state index contributed by atoms with van der Waals surface area (Å²) < 4.78 is 9.67. The van der Waals surface area contributed by atoms with Crippen molar-refractivity contribution in [2.45, 2.75) is 26.2 Å². The highest BCUT2D eigenvalue weighted by Gasteiger charge is 2.55. The number of fused-ring (bicyclic) bond motifs is 1. The fourth-order valence-electron chi connectivity index (χ4n) is 3.35. The zero-order chi connectivity index (χ0) is 15.6. The summed E-state index contributed by atoms with van der Waals surface area (Å²) in [5, 5.41) is 9.08. The number of esters is 2. The summed E-state index contributed by atoms with van der Waals surface area (Å²) in [7, 11) is 2.56. The normalized spacial score (nSPS) is 26.6. The molecule has 2 rings (SSSR count). The summed E-state index contributed by atoms with van der Waals surface area (Å²) in [5.41, 5.74) is 0.875. The van der Waals surface area contributed by atoms with Crippen molar-refractivity contribution in [3.05, 3.63) is 23.3 Å². The summed E-state index contributed by atoms with van der Waals surface area (Å²) in [6.07, 6.45) is 5.09. The van der Waals surface area contributed by atoms with Gasteiger partial charge in [0.25, 0.3) is 0 Å². The number of nitrogens with zero attached hydrogens (tertiary/aromatic N) is 1. The molecule has 0 aromatic rings. The lowest BCUT2D eigenvalue weighted by atomic mass is 9.84. The Morgan fingerprint density at radius 1 is 1.29 bits per heavy atom. The summed E-state index contributed by atoms with van der Waals surface area (Å²) in [6, 6.07) is 2.25. The molecule has 1 saturated carbocycles. The average Bonchev–Trinajstić information content (AvgIpc) is 2.84. The zero-order valence-electron chi connectivity index (χ0n) is 12.5. The van der Waals surface area contributed by atoms with Crippen LogP contribution in [0.5, 0.6) is 0 Å². The van der Waals surface area contributed by atoms with E-state index in [4.69, 9.17) is 14.7 Å². The smallest absolute Gasteiger partial charge is 0.323 e. The van der Waals surface area contributed by atoms with Gasteiger partial charge in [-0.2, -0.15) is 5.26 Å². The van der Waals surface area contributed by atoms with Crippen LogP contribution < -0.4 is 0 Å². The first-order valence-electron chi connectivity index (χ1n) is 6.91. The Bertz CT molecular complexity index is 551. The first-order valence-corrected chi connectivity index (χ1v) is 6.91. The molecule has 0 N–H and O–H groups in total. The molecule has 0 heterocycles. The van der Waals surface area contributed by atoms with Gasteiger partial charge in [0.15, 0.2) is 5.41 Å². The number of hydrogen-bond donors (Lipinski definition) is 0. The van der Waals surface area contributed by atoms with Crippen molar-refractivity contribution >= 4 is 11.9 Å². The summed E-state index contributed by atoms with van der Waals surface area (Å²) in [4.78, 5) is 24.3. The molecule has 112 valence electrons. The van der Waals surface area contributed by atoms with E-state index in [9.17, 15) is 9.59 Å². The number of rotatable bonds is 2. The number of nitriles is 1. The molecule has 0 aromatic heterocycles. The van der Waals surface area contributed by atoms with Gasteiger partial charge in [-0.15, -0.1) is 0 Å². The number of ether oxygens (including phenoxy) is 2. The second-order valence-electron chi connectivity index (χ2n) is 5.68. The predicted molar refractivity (Wildman–Crippen MR) is 74.7 cm³/mol. The van der Waals surface area contributed by atoms with Crippen LogP contribution in [0.25, 0.3) is 0 Å². The number of methoxy groups -OCH3 is 2. The molecule has 0 bridgehead atoms. The highest BCUT2D eigenvalue weighted by molar-refractivity contribution is 6.01. The molecule has 0 radical (unpaired) electrons. The van der Waals surface area contributed by atoms with Crippen LogP contribution in [-0.2, 0) is 19.1 Å². The minimum absolute atomic E-state index is 0.0125. The SMILES string of the molecule is COC(=O)C1(C(=O)OC)CC2=C(C)C[C@H](C#N)C=C[C@H]2C1. The monoisotopic (exact) mass is 289 g/mol. The third-order valence-electron chi connectivity index (χ3n) is 4.48. The molecule has 2 aliphatic rings. The summed E-state index contributed by atoms with van der Waals surface area (Å²) in [5.74, 6) is -1.25. The fraction of sp³-hybridized carbons (Fsp3) is 0.562. The van der Waals surface area contributed by atoms with Gasteiger partial charge in [-0.05, 0) is 32.1 Å². The van der Waals surface area contributed by atoms with E-state index in [1.807, 2.05) is 19.1 Å². The van der Waals surface area contributed by atoms with E-state index in [2.05, 4.69) is 6.07 Å². The molecule has 0 aliphatic heterocycles. The van der Waals surface area contributed by atoms with E-state index >= 15 is 0 Å². The molecule has 0 saturated heterocycles. The van der Waals surface area contributed by atoms with Crippen LogP contribution in [0.4, 0.5) is 0 Å². The van der Waals surface area contributed by atoms with E-state index in [1.54, 1.807) is 0 Å².